The van der Waals surface area contributed by atoms with Crippen molar-refractivity contribution in [3.05, 3.63) is 30.0 Å². The van der Waals surface area contributed by atoms with E-state index in [4.69, 9.17) is 28.9 Å². The van der Waals surface area contributed by atoms with Gasteiger partial charge < -0.3 is 29.2 Å². The normalized spacial score (nSPS) is 29.7. The van der Waals surface area contributed by atoms with Crippen LogP contribution in [0.25, 0.3) is 17.1 Å². The Labute approximate surface area is 290 Å². The summed E-state index contributed by atoms with van der Waals surface area (Å²) in [4.78, 5) is 53.1. The predicted octanol–water partition coefficient (Wildman–Crippen LogP) is 6.43. The summed E-state index contributed by atoms with van der Waals surface area (Å²) in [5, 5.41) is 2.92. The van der Waals surface area contributed by atoms with Crippen molar-refractivity contribution in [3.63, 3.8) is 0 Å². The number of nitrogens with zero attached hydrogens (tertiary/aromatic N) is 3. The van der Waals surface area contributed by atoms with Gasteiger partial charge in [0.2, 0.25) is 11.8 Å². The summed E-state index contributed by atoms with van der Waals surface area (Å²) in [6.07, 6.45) is 5.92. The lowest BCUT2D eigenvalue weighted by atomic mass is 9.85. The van der Waals surface area contributed by atoms with E-state index in [9.17, 15) is 14.4 Å². The Hall–Kier alpha value is -3.89. The minimum Gasteiger partial charge on any atom is -0.497 e. The van der Waals surface area contributed by atoms with Gasteiger partial charge in [-0.15, -0.1) is 0 Å². The second-order valence-corrected chi connectivity index (χ2v) is 15.7. The monoisotopic (exact) mass is 678 g/mol. The summed E-state index contributed by atoms with van der Waals surface area (Å²) in [5.41, 5.74) is 1.17. The molecule has 2 aromatic rings. The first-order valence-electron chi connectivity index (χ1n) is 17.8. The van der Waals surface area contributed by atoms with E-state index in [-0.39, 0.29) is 31.1 Å². The smallest absolute Gasteiger partial charge is 0.408 e. The fraction of sp³-hybridized carbons (Fsp3) is 0.658. The zero-order valence-corrected chi connectivity index (χ0v) is 30.5. The summed E-state index contributed by atoms with van der Waals surface area (Å²) >= 11 is 0. The second kappa shape index (κ2) is 14.9. The lowest BCUT2D eigenvalue weighted by Gasteiger charge is -2.35. The molecule has 2 aliphatic heterocycles. The average molecular weight is 679 g/mol. The van der Waals surface area contributed by atoms with E-state index in [2.05, 4.69) is 25.2 Å². The van der Waals surface area contributed by atoms with Crippen LogP contribution in [0.15, 0.2) is 24.3 Å². The van der Waals surface area contributed by atoms with Gasteiger partial charge in [-0.2, -0.15) is 0 Å². The van der Waals surface area contributed by atoms with E-state index in [1.165, 1.54) is 4.90 Å². The Bertz CT molecular complexity index is 1550. The minimum absolute atomic E-state index is 0.0888. The number of esters is 1. The highest BCUT2D eigenvalue weighted by atomic mass is 16.6. The molecule has 1 aromatic carbocycles. The molecule has 11 nitrogen and oxygen atoms in total. The maximum absolute atomic E-state index is 14.5. The van der Waals surface area contributed by atoms with Crippen molar-refractivity contribution in [2.24, 2.45) is 35.0 Å². The number of nitrogens with one attached hydrogen (secondary N) is 1. The lowest BCUT2D eigenvalue weighted by Crippen LogP contribution is -2.57. The van der Waals surface area contributed by atoms with Crippen molar-refractivity contribution in [2.45, 2.75) is 105 Å². The van der Waals surface area contributed by atoms with E-state index in [1.54, 1.807) is 13.2 Å². The molecule has 1 saturated carbocycles. The predicted molar refractivity (Wildman–Crippen MR) is 187 cm³/mol. The molecular formula is C38H54N4O7. The number of methoxy groups -OCH3 is 1. The quantitative estimate of drug-likeness (QED) is 0.364. The van der Waals surface area contributed by atoms with Gasteiger partial charge in [-0.3, -0.25) is 4.79 Å². The molecule has 8 atom stereocenters. The number of benzene rings is 1. The van der Waals surface area contributed by atoms with E-state index in [1.807, 2.05) is 59.8 Å². The van der Waals surface area contributed by atoms with E-state index >= 15 is 0 Å². The number of ether oxygens (including phenoxy) is 4. The SMILES string of the molecule is COc1ccc2nc3c(nc2c1)O[C@H]1CN(C(=O)[C@H](C(C)(C)C)NC(=O)O[C@@H]2C[C@H](C)[C@H](C)[C@H]2CCCC=C3)[C@H](C(=O)OCC(C)C)[C@@H]1C. The van der Waals surface area contributed by atoms with Crippen LogP contribution in [0, 0.1) is 35.0 Å². The number of amides is 2. The number of alkyl carbamates (subject to hydrolysis) is 1. The molecule has 2 bridgehead atoms. The standard InChI is InChI=1S/C38H54N4O7/c1-21(2)20-47-36(44)32-24(5)31-19-42(32)35(43)33(38(6,7)8)41-37(45)49-30-17-22(3)23(4)26(30)13-11-10-12-14-28-34(48-31)40-29-18-25(46-9)15-16-27(29)39-28/h12,14-16,18,21-24,26,30-33H,10-11,13,17,19-20H2,1-9H3,(H,41,45)/t22-,23-,24+,26+,30+,31-,32-,33+/m0/s1. The molecule has 1 saturated heterocycles. The Morgan fingerprint density at radius 2 is 1.82 bits per heavy atom. The van der Waals surface area contributed by atoms with Crippen molar-refractivity contribution in [3.8, 4) is 11.6 Å². The van der Waals surface area contributed by atoms with Gasteiger partial charge in [0, 0.05) is 12.0 Å². The molecule has 0 radical (unpaired) electrons. The summed E-state index contributed by atoms with van der Waals surface area (Å²) in [5.74, 6) is 0.696. The molecule has 268 valence electrons. The van der Waals surface area contributed by atoms with Crippen LogP contribution in [0.1, 0.15) is 86.8 Å². The number of allylic oxidation sites excluding steroid dienone is 1. The zero-order chi connectivity index (χ0) is 35.6. The molecule has 0 spiro atoms. The maximum Gasteiger partial charge on any atom is 0.408 e. The Balaban J connectivity index is 1.57. The minimum atomic E-state index is -0.966. The number of aromatic nitrogens is 2. The van der Waals surface area contributed by atoms with Crippen LogP contribution < -0.4 is 14.8 Å². The molecule has 1 aromatic heterocycles. The first-order valence-corrected chi connectivity index (χ1v) is 17.8. The third-order valence-corrected chi connectivity index (χ3v) is 10.5. The van der Waals surface area contributed by atoms with Crippen LogP contribution in [0.4, 0.5) is 4.79 Å². The molecule has 49 heavy (non-hydrogen) atoms. The zero-order valence-electron chi connectivity index (χ0n) is 30.5. The third-order valence-electron chi connectivity index (χ3n) is 10.5. The fourth-order valence-corrected chi connectivity index (χ4v) is 7.38. The first kappa shape index (κ1) is 36.4. The summed E-state index contributed by atoms with van der Waals surface area (Å²) in [6, 6.07) is 3.61. The van der Waals surface area contributed by atoms with Crippen LogP contribution in [-0.2, 0) is 19.1 Å². The number of fused-ring (bicyclic) bond motifs is 5. The average Bonchev–Trinajstić information content (AvgIpc) is 3.50. The topological polar surface area (TPSA) is 129 Å². The van der Waals surface area contributed by atoms with Gasteiger partial charge in [-0.25, -0.2) is 19.6 Å². The lowest BCUT2D eigenvalue weighted by molar-refractivity contribution is -0.156. The van der Waals surface area contributed by atoms with Crippen molar-refractivity contribution in [1.29, 1.82) is 0 Å². The summed E-state index contributed by atoms with van der Waals surface area (Å²) in [6.45, 7) is 16.2. The molecule has 5 rings (SSSR count). The van der Waals surface area contributed by atoms with Crippen LogP contribution in [0.5, 0.6) is 11.6 Å². The van der Waals surface area contributed by atoms with Gasteiger partial charge in [0.1, 0.15) is 35.7 Å². The molecule has 1 N–H and O–H groups in total. The molecule has 11 heteroatoms. The number of rotatable bonds is 4. The van der Waals surface area contributed by atoms with Crippen molar-refractivity contribution in [2.75, 3.05) is 20.3 Å². The fourth-order valence-electron chi connectivity index (χ4n) is 7.38. The van der Waals surface area contributed by atoms with Gasteiger partial charge >= 0.3 is 12.1 Å². The maximum atomic E-state index is 14.5. The number of carbonyl (C=O) groups is 3. The van der Waals surface area contributed by atoms with E-state index in [0.29, 0.717) is 40.2 Å². The molecule has 0 unspecified atom stereocenters. The highest BCUT2D eigenvalue weighted by molar-refractivity contribution is 5.91. The van der Waals surface area contributed by atoms with Crippen molar-refractivity contribution in [1.82, 2.24) is 20.2 Å². The molecule has 3 heterocycles. The van der Waals surface area contributed by atoms with Crippen LogP contribution in [0.2, 0.25) is 0 Å². The molecule has 3 aliphatic rings. The molecule has 2 amide bonds. The van der Waals surface area contributed by atoms with Crippen LogP contribution in [-0.4, -0.2) is 77.4 Å². The highest BCUT2D eigenvalue weighted by Gasteiger charge is 2.51. The Morgan fingerprint density at radius 3 is 2.51 bits per heavy atom. The highest BCUT2D eigenvalue weighted by Crippen LogP contribution is 2.42. The van der Waals surface area contributed by atoms with Gasteiger partial charge in [-0.05, 0) is 73.0 Å². The van der Waals surface area contributed by atoms with Crippen molar-refractivity contribution < 1.29 is 33.3 Å². The molecule has 1 aliphatic carbocycles. The summed E-state index contributed by atoms with van der Waals surface area (Å²) in [7, 11) is 1.60. The third kappa shape index (κ3) is 8.13. The van der Waals surface area contributed by atoms with E-state index in [0.717, 1.165) is 25.7 Å². The van der Waals surface area contributed by atoms with Crippen LogP contribution >= 0.6 is 0 Å². The first-order chi connectivity index (χ1) is 23.2. The number of hydrogen-bond donors (Lipinski definition) is 1. The number of carbonyl (C=O) groups excluding carboxylic acids is 3. The van der Waals surface area contributed by atoms with Gasteiger partial charge in [0.15, 0.2) is 0 Å². The molecular weight excluding hydrogens is 624 g/mol. The van der Waals surface area contributed by atoms with Gasteiger partial charge in [-0.1, -0.05) is 61.5 Å². The summed E-state index contributed by atoms with van der Waals surface area (Å²) < 4.78 is 23.9. The van der Waals surface area contributed by atoms with Gasteiger partial charge in [0.25, 0.3) is 0 Å². The van der Waals surface area contributed by atoms with E-state index < -0.39 is 47.5 Å². The van der Waals surface area contributed by atoms with Gasteiger partial charge in [0.05, 0.1) is 31.3 Å². The largest absolute Gasteiger partial charge is 0.497 e. The Kier molecular flexibility index (Phi) is 11.1. The second-order valence-electron chi connectivity index (χ2n) is 15.7. The van der Waals surface area contributed by atoms with Crippen molar-refractivity contribution >= 4 is 35.1 Å². The number of hydrogen-bond acceptors (Lipinski definition) is 9. The molecule has 2 fully saturated rings. The van der Waals surface area contributed by atoms with Crippen LogP contribution in [0.3, 0.4) is 0 Å². The Morgan fingerprint density at radius 1 is 1.06 bits per heavy atom.